The smallest absolute Gasteiger partial charge is 0.333 e. The zero-order valence-corrected chi connectivity index (χ0v) is 25.5. The van der Waals surface area contributed by atoms with Gasteiger partial charge in [-0.1, -0.05) is 50.3 Å². The Morgan fingerprint density at radius 1 is 0.951 bits per heavy atom. The molecule has 1 aliphatic rings. The van der Waals surface area contributed by atoms with Crippen molar-refractivity contribution in [2.24, 2.45) is 11.8 Å². The molecule has 0 radical (unpaired) electrons. The van der Waals surface area contributed by atoms with Gasteiger partial charge in [0.25, 0.3) is 0 Å². The van der Waals surface area contributed by atoms with E-state index in [1.54, 1.807) is 45.9 Å². The number of esters is 1. The fourth-order valence-electron chi connectivity index (χ4n) is 4.98. The summed E-state index contributed by atoms with van der Waals surface area (Å²) >= 11 is 0. The highest BCUT2D eigenvalue weighted by Crippen LogP contribution is 2.27. The van der Waals surface area contributed by atoms with Crippen LogP contribution in [0.4, 0.5) is 0 Å². The van der Waals surface area contributed by atoms with E-state index in [9.17, 15) is 40.2 Å². The van der Waals surface area contributed by atoms with Gasteiger partial charge in [-0.25, -0.2) is 4.79 Å². The second kappa shape index (κ2) is 17.1. The maximum atomic E-state index is 12.6. The number of ketones is 1. The fourth-order valence-corrected chi connectivity index (χ4v) is 4.98. The number of aliphatic hydroxyl groups is 6. The summed E-state index contributed by atoms with van der Waals surface area (Å²) in [6.45, 7) is 14.1. The zero-order chi connectivity index (χ0) is 31.5. The van der Waals surface area contributed by atoms with Crippen LogP contribution in [0.2, 0.25) is 0 Å². The van der Waals surface area contributed by atoms with Crippen LogP contribution in [0.3, 0.4) is 0 Å². The van der Waals surface area contributed by atoms with Crippen LogP contribution in [-0.4, -0.2) is 84.6 Å². The minimum Gasteiger partial charge on any atom is -0.459 e. The Morgan fingerprint density at radius 2 is 1.56 bits per heavy atom. The Hall–Kier alpha value is -2.14. The summed E-state index contributed by atoms with van der Waals surface area (Å²) in [6, 6.07) is 0. The third kappa shape index (κ3) is 13.6. The van der Waals surface area contributed by atoms with E-state index in [0.29, 0.717) is 36.8 Å². The third-order valence-electron chi connectivity index (χ3n) is 7.63. The summed E-state index contributed by atoms with van der Waals surface area (Å²) in [4.78, 5) is 25.1. The summed E-state index contributed by atoms with van der Waals surface area (Å²) in [5.41, 5.74) is 0.160. The first-order chi connectivity index (χ1) is 18.9. The van der Waals surface area contributed by atoms with Gasteiger partial charge in [0, 0.05) is 18.4 Å². The van der Waals surface area contributed by atoms with Crippen molar-refractivity contribution in [3.63, 3.8) is 0 Å². The number of cyclic esters (lactones) is 1. The normalized spacial score (nSPS) is 37.2. The Labute approximate surface area is 244 Å². The second-order valence-corrected chi connectivity index (χ2v) is 12.2. The molecule has 0 saturated heterocycles. The van der Waals surface area contributed by atoms with Gasteiger partial charge in [0.15, 0.2) is 5.78 Å². The Morgan fingerprint density at radius 3 is 2.20 bits per heavy atom. The number of allylic oxidation sites excluding steroid dienone is 3. The van der Waals surface area contributed by atoms with Crippen LogP contribution in [0, 0.1) is 11.8 Å². The van der Waals surface area contributed by atoms with Crippen molar-refractivity contribution in [3.8, 4) is 0 Å². The Bertz CT molecular complexity index is 964. The molecule has 1 heterocycles. The van der Waals surface area contributed by atoms with Crippen molar-refractivity contribution >= 4 is 11.8 Å². The molecule has 0 amide bonds. The van der Waals surface area contributed by atoms with Gasteiger partial charge < -0.3 is 35.4 Å². The number of hydrogen-bond acceptors (Lipinski definition) is 9. The van der Waals surface area contributed by atoms with E-state index < -0.39 is 66.3 Å². The molecular weight excluding hydrogens is 528 g/mol. The lowest BCUT2D eigenvalue weighted by molar-refractivity contribution is -0.146. The van der Waals surface area contributed by atoms with Crippen LogP contribution in [0.5, 0.6) is 0 Å². The standard InChI is InChI=1S/C32H52O9/c1-19-13-20(2)15-26(34)12-11-25(33)10-8-9-21(3)31(39)41-24(6)16-22(4)29(37)30(38)28(36)17-27(35)18-32(7,40)23(5)14-19/h9,11-12,14,20,22,24-27,29-30,33-35,37-38,40H,1,8,10,13,15-18H2,2-7H3. The van der Waals surface area contributed by atoms with E-state index in [0.717, 1.165) is 5.57 Å². The van der Waals surface area contributed by atoms with Crippen LogP contribution in [-0.2, 0) is 14.3 Å². The molecule has 0 aromatic heterocycles. The molecule has 6 N–H and O–H groups in total. The monoisotopic (exact) mass is 580 g/mol. The molecular formula is C32H52O9. The molecule has 9 unspecified atom stereocenters. The second-order valence-electron chi connectivity index (χ2n) is 12.2. The van der Waals surface area contributed by atoms with Crippen molar-refractivity contribution in [3.05, 3.63) is 47.6 Å². The van der Waals surface area contributed by atoms with Gasteiger partial charge in [0.2, 0.25) is 0 Å². The van der Waals surface area contributed by atoms with Crippen molar-refractivity contribution < 1.29 is 45.0 Å². The molecule has 0 saturated carbocycles. The zero-order valence-electron chi connectivity index (χ0n) is 25.5. The van der Waals surface area contributed by atoms with Crippen LogP contribution < -0.4 is 0 Å². The van der Waals surface area contributed by atoms with Gasteiger partial charge >= 0.3 is 5.97 Å². The number of ether oxygens (including phenoxy) is 1. The van der Waals surface area contributed by atoms with E-state index in [1.165, 1.54) is 13.0 Å². The molecule has 1 aliphatic heterocycles. The first-order valence-corrected chi connectivity index (χ1v) is 14.5. The molecule has 0 fully saturated rings. The average molecular weight is 581 g/mol. The maximum absolute atomic E-state index is 12.6. The van der Waals surface area contributed by atoms with E-state index in [1.807, 2.05) is 6.92 Å². The minimum absolute atomic E-state index is 0.0457. The molecule has 9 atom stereocenters. The number of hydrogen-bond donors (Lipinski definition) is 6. The van der Waals surface area contributed by atoms with E-state index in [4.69, 9.17) is 4.74 Å². The quantitative estimate of drug-likeness (QED) is 0.187. The molecule has 0 spiro atoms. The molecule has 0 aliphatic carbocycles. The lowest BCUT2D eigenvalue weighted by Crippen LogP contribution is -2.41. The van der Waals surface area contributed by atoms with Gasteiger partial charge in [-0.15, -0.1) is 0 Å². The highest BCUT2D eigenvalue weighted by Gasteiger charge is 2.33. The first-order valence-electron chi connectivity index (χ1n) is 14.5. The van der Waals surface area contributed by atoms with Crippen molar-refractivity contribution in [1.29, 1.82) is 0 Å². The molecule has 234 valence electrons. The summed E-state index contributed by atoms with van der Waals surface area (Å²) < 4.78 is 5.44. The summed E-state index contributed by atoms with van der Waals surface area (Å²) in [6.07, 6.45) is 1.15. The Balaban J connectivity index is 3.12. The number of rotatable bonds is 0. The number of carbonyl (C=O) groups excluding carboxylic acids is 2. The molecule has 0 bridgehead atoms. The van der Waals surface area contributed by atoms with Crippen molar-refractivity contribution in [1.82, 2.24) is 0 Å². The molecule has 9 heteroatoms. The lowest BCUT2D eigenvalue weighted by Gasteiger charge is -2.29. The van der Waals surface area contributed by atoms with Crippen LogP contribution in [0.1, 0.15) is 86.5 Å². The minimum atomic E-state index is -1.75. The van der Waals surface area contributed by atoms with E-state index >= 15 is 0 Å². The fraction of sp³-hybridized carbons (Fsp3) is 0.688. The predicted octanol–water partition coefficient (Wildman–Crippen LogP) is 3.06. The largest absolute Gasteiger partial charge is 0.459 e. The summed E-state index contributed by atoms with van der Waals surface area (Å²) in [5, 5.41) is 63.2. The van der Waals surface area contributed by atoms with Crippen LogP contribution in [0.25, 0.3) is 0 Å². The predicted molar refractivity (Wildman–Crippen MR) is 158 cm³/mol. The number of carbonyl (C=O) groups is 2. The molecule has 0 aromatic rings. The Kier molecular flexibility index (Phi) is 15.4. The third-order valence-corrected chi connectivity index (χ3v) is 7.63. The topological polar surface area (TPSA) is 165 Å². The number of Topliss-reactive ketones (excluding diaryl/α,β-unsaturated/α-hetero) is 1. The molecule has 1 rings (SSSR count). The first kappa shape index (κ1) is 36.9. The molecule has 9 nitrogen and oxygen atoms in total. The van der Waals surface area contributed by atoms with Gasteiger partial charge in [0.1, 0.15) is 6.10 Å². The van der Waals surface area contributed by atoms with Crippen molar-refractivity contribution in [2.45, 2.75) is 129 Å². The maximum Gasteiger partial charge on any atom is 0.333 e. The van der Waals surface area contributed by atoms with Gasteiger partial charge in [-0.2, -0.15) is 0 Å². The number of aliphatic hydroxyl groups excluding tert-OH is 5. The van der Waals surface area contributed by atoms with E-state index in [2.05, 4.69) is 6.58 Å². The van der Waals surface area contributed by atoms with Gasteiger partial charge in [-0.05, 0) is 77.2 Å². The van der Waals surface area contributed by atoms with E-state index in [-0.39, 0.29) is 18.8 Å². The van der Waals surface area contributed by atoms with Gasteiger partial charge in [0.05, 0.1) is 36.1 Å². The van der Waals surface area contributed by atoms with Crippen LogP contribution in [0.15, 0.2) is 47.6 Å². The SMILES string of the molecule is C=C1C=C(C)C(C)(O)CC(O)CC(=O)C(O)C(O)C(C)CC(C)OC(=O)C(C)=CCCC(O)C=CC(O)CC(C)C1. The lowest BCUT2D eigenvalue weighted by atomic mass is 9.85. The highest BCUT2D eigenvalue weighted by molar-refractivity contribution is 5.87. The summed E-state index contributed by atoms with van der Waals surface area (Å²) in [5.74, 6) is -1.86. The highest BCUT2D eigenvalue weighted by atomic mass is 16.5. The summed E-state index contributed by atoms with van der Waals surface area (Å²) in [7, 11) is 0. The van der Waals surface area contributed by atoms with Crippen LogP contribution >= 0.6 is 0 Å². The molecule has 41 heavy (non-hydrogen) atoms. The molecule has 0 aromatic carbocycles. The van der Waals surface area contributed by atoms with Gasteiger partial charge in [-0.3, -0.25) is 4.79 Å². The average Bonchev–Trinajstić information content (AvgIpc) is 2.84. The van der Waals surface area contributed by atoms with Crippen molar-refractivity contribution in [2.75, 3.05) is 0 Å².